The molecule has 8 heteroatoms. The number of carbonyl (C=O) groups excluding carboxylic acids is 2. The first-order valence-electron chi connectivity index (χ1n) is 13.7. The molecule has 3 aliphatic rings. The minimum atomic E-state index is -0.760. The fourth-order valence-corrected chi connectivity index (χ4v) is 5.63. The number of likely N-dealkylation sites (tertiary alicyclic amines) is 1. The van der Waals surface area contributed by atoms with Gasteiger partial charge in [-0.15, -0.1) is 0 Å². The molecule has 3 heterocycles. The van der Waals surface area contributed by atoms with Crippen LogP contribution in [0.25, 0.3) is 5.76 Å². The van der Waals surface area contributed by atoms with Crippen LogP contribution in [-0.2, 0) is 20.7 Å². The van der Waals surface area contributed by atoms with Gasteiger partial charge in [0.05, 0.1) is 24.8 Å². The third kappa shape index (κ3) is 5.20. The lowest BCUT2D eigenvalue weighted by molar-refractivity contribution is -0.140. The minimum Gasteiger partial charge on any atom is -0.507 e. The first-order chi connectivity index (χ1) is 19.5. The van der Waals surface area contributed by atoms with E-state index >= 15 is 0 Å². The standard InChI is InChI=1S/C32H32N2O6/c1-21-18-24-19-23(10-11-27(24)39-21)30(35)28-29(22-6-5-9-26(20-22)40-25-7-3-2-4-8-25)34(32(37)31(28)36)13-12-33-14-16-38-17-15-33/h2-11,19-21,29,35H,12-18H2,1H3/t21-,29+/m0/s1. The number of aliphatic hydroxyl groups excluding tert-OH is 1. The molecular formula is C32H32N2O6. The summed E-state index contributed by atoms with van der Waals surface area (Å²) >= 11 is 0. The van der Waals surface area contributed by atoms with Crippen molar-refractivity contribution >= 4 is 17.4 Å². The molecule has 0 spiro atoms. The van der Waals surface area contributed by atoms with E-state index in [0.717, 1.165) is 24.4 Å². The number of aliphatic hydroxyl groups is 1. The Hall–Kier alpha value is -4.14. The van der Waals surface area contributed by atoms with Crippen LogP contribution >= 0.6 is 0 Å². The van der Waals surface area contributed by atoms with Crippen molar-refractivity contribution < 1.29 is 28.9 Å². The number of ether oxygens (including phenoxy) is 3. The summed E-state index contributed by atoms with van der Waals surface area (Å²) in [6.45, 7) is 5.75. The number of Topliss-reactive ketones (excluding diaryl/α,β-unsaturated/α-hetero) is 1. The number of amides is 1. The summed E-state index contributed by atoms with van der Waals surface area (Å²) in [6.07, 6.45) is 0.762. The van der Waals surface area contributed by atoms with Crippen molar-refractivity contribution in [1.82, 2.24) is 9.80 Å². The zero-order valence-corrected chi connectivity index (χ0v) is 22.4. The highest BCUT2D eigenvalue weighted by Crippen LogP contribution is 2.41. The Labute approximate surface area is 233 Å². The van der Waals surface area contributed by atoms with Gasteiger partial charge in [0.15, 0.2) is 0 Å². The number of fused-ring (bicyclic) bond motifs is 1. The summed E-state index contributed by atoms with van der Waals surface area (Å²) in [4.78, 5) is 30.8. The molecule has 40 heavy (non-hydrogen) atoms. The minimum absolute atomic E-state index is 0.0468. The topological polar surface area (TPSA) is 88.5 Å². The molecular weight excluding hydrogens is 508 g/mol. The molecule has 6 rings (SSSR count). The fraction of sp³-hybridized carbons (Fsp3) is 0.312. The lowest BCUT2D eigenvalue weighted by atomic mass is 9.94. The maximum absolute atomic E-state index is 13.5. The molecule has 0 bridgehead atoms. The van der Waals surface area contributed by atoms with E-state index in [0.29, 0.717) is 55.4 Å². The van der Waals surface area contributed by atoms with Gasteiger partial charge in [-0.05, 0) is 60.5 Å². The van der Waals surface area contributed by atoms with Gasteiger partial charge in [0.25, 0.3) is 11.7 Å². The molecule has 0 aromatic heterocycles. The molecule has 3 aliphatic heterocycles. The lowest BCUT2D eigenvalue weighted by Gasteiger charge is -2.31. The van der Waals surface area contributed by atoms with E-state index in [1.54, 1.807) is 11.0 Å². The number of para-hydroxylation sites is 1. The van der Waals surface area contributed by atoms with Crippen LogP contribution < -0.4 is 9.47 Å². The summed E-state index contributed by atoms with van der Waals surface area (Å²) in [5, 5.41) is 11.6. The van der Waals surface area contributed by atoms with E-state index < -0.39 is 17.7 Å². The predicted octanol–water partition coefficient (Wildman–Crippen LogP) is 4.56. The van der Waals surface area contributed by atoms with Crippen molar-refractivity contribution in [2.45, 2.75) is 25.5 Å². The van der Waals surface area contributed by atoms with E-state index in [-0.39, 0.29) is 17.4 Å². The third-order valence-corrected chi connectivity index (χ3v) is 7.62. The third-order valence-electron chi connectivity index (χ3n) is 7.62. The van der Waals surface area contributed by atoms with Crippen LogP contribution in [0.4, 0.5) is 0 Å². The van der Waals surface area contributed by atoms with E-state index in [2.05, 4.69) is 4.90 Å². The predicted molar refractivity (Wildman–Crippen MR) is 149 cm³/mol. The van der Waals surface area contributed by atoms with Crippen molar-refractivity contribution in [2.24, 2.45) is 0 Å². The van der Waals surface area contributed by atoms with Crippen LogP contribution in [-0.4, -0.2) is 72.1 Å². The Morgan fingerprint density at radius 1 is 0.950 bits per heavy atom. The highest BCUT2D eigenvalue weighted by atomic mass is 16.5. The van der Waals surface area contributed by atoms with Crippen molar-refractivity contribution in [3.63, 3.8) is 0 Å². The molecule has 0 aliphatic carbocycles. The molecule has 8 nitrogen and oxygen atoms in total. The summed E-state index contributed by atoms with van der Waals surface area (Å²) < 4.78 is 17.3. The maximum Gasteiger partial charge on any atom is 0.295 e. The molecule has 2 saturated heterocycles. The number of morpholine rings is 1. The Morgan fingerprint density at radius 2 is 1.73 bits per heavy atom. The highest BCUT2D eigenvalue weighted by Gasteiger charge is 2.46. The second kappa shape index (κ2) is 11.2. The van der Waals surface area contributed by atoms with Crippen LogP contribution in [0.15, 0.2) is 78.4 Å². The van der Waals surface area contributed by atoms with E-state index in [1.165, 1.54) is 0 Å². The summed E-state index contributed by atoms with van der Waals surface area (Å²) in [7, 11) is 0. The van der Waals surface area contributed by atoms with E-state index in [4.69, 9.17) is 14.2 Å². The van der Waals surface area contributed by atoms with Gasteiger partial charge in [0.1, 0.15) is 29.1 Å². The average molecular weight is 541 g/mol. The van der Waals surface area contributed by atoms with Crippen LogP contribution in [0, 0.1) is 0 Å². The van der Waals surface area contributed by atoms with Gasteiger partial charge in [0, 0.05) is 38.2 Å². The Bertz CT molecular complexity index is 1450. The van der Waals surface area contributed by atoms with Crippen LogP contribution in [0.5, 0.6) is 17.2 Å². The number of hydrogen-bond donors (Lipinski definition) is 1. The smallest absolute Gasteiger partial charge is 0.295 e. The lowest BCUT2D eigenvalue weighted by Crippen LogP contribution is -2.42. The second-order valence-corrected chi connectivity index (χ2v) is 10.4. The van der Waals surface area contributed by atoms with Gasteiger partial charge < -0.3 is 24.2 Å². The zero-order valence-electron chi connectivity index (χ0n) is 22.4. The summed E-state index contributed by atoms with van der Waals surface area (Å²) in [6, 6.07) is 21.4. The first kappa shape index (κ1) is 26.1. The molecule has 3 aromatic rings. The molecule has 2 atom stereocenters. The molecule has 0 saturated carbocycles. The monoisotopic (exact) mass is 540 g/mol. The molecule has 0 radical (unpaired) electrons. The first-order valence-corrected chi connectivity index (χ1v) is 13.7. The Morgan fingerprint density at radius 3 is 2.52 bits per heavy atom. The zero-order chi connectivity index (χ0) is 27.6. The van der Waals surface area contributed by atoms with Crippen LogP contribution in [0.3, 0.4) is 0 Å². The van der Waals surface area contributed by atoms with Crippen molar-refractivity contribution in [3.05, 3.63) is 95.1 Å². The molecule has 3 aromatic carbocycles. The molecule has 2 fully saturated rings. The van der Waals surface area contributed by atoms with Crippen LogP contribution in [0.2, 0.25) is 0 Å². The number of benzene rings is 3. The largest absolute Gasteiger partial charge is 0.507 e. The number of hydrogen-bond acceptors (Lipinski definition) is 7. The average Bonchev–Trinajstić information content (AvgIpc) is 3.47. The second-order valence-electron chi connectivity index (χ2n) is 10.4. The SMILES string of the molecule is C[C@H]1Cc2cc(C(O)=C3C(=O)C(=O)N(CCN4CCOCC4)[C@@H]3c3cccc(Oc4ccccc4)c3)ccc2O1. The van der Waals surface area contributed by atoms with E-state index in [9.17, 15) is 14.7 Å². The summed E-state index contributed by atoms with van der Waals surface area (Å²) in [5.41, 5.74) is 2.22. The van der Waals surface area contributed by atoms with Crippen molar-refractivity contribution in [1.29, 1.82) is 0 Å². The number of rotatable bonds is 7. The van der Waals surface area contributed by atoms with E-state index in [1.807, 2.05) is 73.7 Å². The van der Waals surface area contributed by atoms with Gasteiger partial charge >= 0.3 is 0 Å². The summed E-state index contributed by atoms with van der Waals surface area (Å²) in [5.74, 6) is 0.532. The number of carbonyl (C=O) groups is 2. The fourth-order valence-electron chi connectivity index (χ4n) is 5.63. The molecule has 206 valence electrons. The van der Waals surface area contributed by atoms with Gasteiger partial charge in [-0.3, -0.25) is 14.5 Å². The highest BCUT2D eigenvalue weighted by molar-refractivity contribution is 6.46. The Balaban J connectivity index is 1.38. The quantitative estimate of drug-likeness (QED) is 0.267. The molecule has 0 unspecified atom stereocenters. The van der Waals surface area contributed by atoms with Crippen LogP contribution in [0.1, 0.15) is 29.7 Å². The molecule has 1 N–H and O–H groups in total. The number of nitrogens with zero attached hydrogens (tertiary/aromatic N) is 2. The number of ketones is 1. The van der Waals surface area contributed by atoms with Crippen molar-refractivity contribution in [3.8, 4) is 17.2 Å². The van der Waals surface area contributed by atoms with Gasteiger partial charge in [-0.2, -0.15) is 0 Å². The van der Waals surface area contributed by atoms with Gasteiger partial charge in [-0.25, -0.2) is 0 Å². The normalized spacial score (nSPS) is 22.3. The van der Waals surface area contributed by atoms with Crippen molar-refractivity contribution in [2.75, 3.05) is 39.4 Å². The van der Waals surface area contributed by atoms with Gasteiger partial charge in [0.2, 0.25) is 0 Å². The maximum atomic E-state index is 13.5. The Kier molecular flexibility index (Phi) is 7.28. The van der Waals surface area contributed by atoms with Gasteiger partial charge in [-0.1, -0.05) is 30.3 Å². The molecule has 1 amide bonds.